The van der Waals surface area contributed by atoms with E-state index in [4.69, 9.17) is 5.11 Å². The van der Waals surface area contributed by atoms with Gasteiger partial charge in [0.1, 0.15) is 10.4 Å². The maximum atomic E-state index is 13.0. The van der Waals surface area contributed by atoms with Crippen LogP contribution in [0.4, 0.5) is 5.69 Å². The number of rotatable bonds is 10. The first-order valence-electron chi connectivity index (χ1n) is 10.1. The SMILES string of the molecule is Cc1cccc(NC(=O)c2cccnc2SC(NC(=O)CNCCO)c2ccncc2)c1. The molecule has 0 bridgehead atoms. The Balaban J connectivity index is 1.80. The number of aliphatic hydroxyl groups is 1. The first-order chi connectivity index (χ1) is 15.6. The van der Waals surface area contributed by atoms with Gasteiger partial charge >= 0.3 is 0 Å². The zero-order valence-corrected chi connectivity index (χ0v) is 18.4. The van der Waals surface area contributed by atoms with Gasteiger partial charge < -0.3 is 21.1 Å². The second-order valence-corrected chi connectivity index (χ2v) is 8.02. The number of carbonyl (C=O) groups is 2. The monoisotopic (exact) mass is 451 g/mol. The van der Waals surface area contributed by atoms with Crippen LogP contribution in [0.1, 0.15) is 26.9 Å². The molecule has 1 atom stereocenters. The van der Waals surface area contributed by atoms with Gasteiger partial charge in [-0.1, -0.05) is 23.9 Å². The Morgan fingerprint density at radius 1 is 1.09 bits per heavy atom. The van der Waals surface area contributed by atoms with Gasteiger partial charge in [0.15, 0.2) is 0 Å². The number of aliphatic hydroxyl groups excluding tert-OH is 1. The average Bonchev–Trinajstić information content (AvgIpc) is 2.80. The number of nitrogens with one attached hydrogen (secondary N) is 3. The molecule has 2 aromatic heterocycles. The summed E-state index contributed by atoms with van der Waals surface area (Å²) < 4.78 is 0. The Labute approximate surface area is 190 Å². The van der Waals surface area contributed by atoms with Crippen LogP contribution in [0.2, 0.25) is 0 Å². The highest BCUT2D eigenvalue weighted by Crippen LogP contribution is 2.34. The molecule has 1 aromatic carbocycles. The van der Waals surface area contributed by atoms with Crippen molar-refractivity contribution >= 4 is 29.3 Å². The van der Waals surface area contributed by atoms with E-state index in [9.17, 15) is 9.59 Å². The van der Waals surface area contributed by atoms with Gasteiger partial charge in [-0.05, 0) is 54.4 Å². The lowest BCUT2D eigenvalue weighted by atomic mass is 10.2. The Morgan fingerprint density at radius 3 is 2.66 bits per heavy atom. The van der Waals surface area contributed by atoms with Crippen molar-refractivity contribution in [1.82, 2.24) is 20.6 Å². The van der Waals surface area contributed by atoms with Crippen molar-refractivity contribution in [2.24, 2.45) is 0 Å². The lowest BCUT2D eigenvalue weighted by molar-refractivity contribution is -0.120. The van der Waals surface area contributed by atoms with E-state index in [1.165, 1.54) is 11.8 Å². The van der Waals surface area contributed by atoms with Gasteiger partial charge in [0.25, 0.3) is 5.91 Å². The second kappa shape index (κ2) is 11.9. The predicted molar refractivity (Wildman–Crippen MR) is 124 cm³/mol. The van der Waals surface area contributed by atoms with E-state index in [-0.39, 0.29) is 25.0 Å². The minimum Gasteiger partial charge on any atom is -0.395 e. The van der Waals surface area contributed by atoms with Gasteiger partial charge in [-0.2, -0.15) is 0 Å². The number of amides is 2. The van der Waals surface area contributed by atoms with Crippen LogP contribution >= 0.6 is 11.8 Å². The smallest absolute Gasteiger partial charge is 0.258 e. The van der Waals surface area contributed by atoms with Gasteiger partial charge in [0, 0.05) is 30.8 Å². The third-order valence-electron chi connectivity index (χ3n) is 4.40. The summed E-state index contributed by atoms with van der Waals surface area (Å²) in [6.07, 6.45) is 4.89. The van der Waals surface area contributed by atoms with Crippen molar-refractivity contribution in [2.45, 2.75) is 17.3 Å². The molecule has 0 aliphatic carbocycles. The molecule has 3 rings (SSSR count). The number of carbonyl (C=O) groups excluding carboxylic acids is 2. The fourth-order valence-corrected chi connectivity index (χ4v) is 4.00. The zero-order valence-electron chi connectivity index (χ0n) is 17.6. The van der Waals surface area contributed by atoms with Crippen LogP contribution in [0.3, 0.4) is 0 Å². The largest absolute Gasteiger partial charge is 0.395 e. The number of nitrogens with zero attached hydrogens (tertiary/aromatic N) is 2. The molecule has 32 heavy (non-hydrogen) atoms. The van der Waals surface area contributed by atoms with Gasteiger partial charge in [0.2, 0.25) is 5.91 Å². The maximum Gasteiger partial charge on any atom is 0.258 e. The maximum absolute atomic E-state index is 13.0. The summed E-state index contributed by atoms with van der Waals surface area (Å²) in [6, 6.07) is 14.6. The number of aryl methyl sites for hydroxylation is 1. The topological polar surface area (TPSA) is 116 Å². The minimum absolute atomic E-state index is 0.0524. The molecule has 3 aromatic rings. The van der Waals surface area contributed by atoms with Crippen LogP contribution in [0.5, 0.6) is 0 Å². The summed E-state index contributed by atoms with van der Waals surface area (Å²) in [5.41, 5.74) is 2.96. The average molecular weight is 452 g/mol. The highest BCUT2D eigenvalue weighted by molar-refractivity contribution is 7.99. The van der Waals surface area contributed by atoms with E-state index < -0.39 is 5.37 Å². The Bertz CT molecular complexity index is 1050. The number of hydrogen-bond acceptors (Lipinski definition) is 7. The summed E-state index contributed by atoms with van der Waals surface area (Å²) in [4.78, 5) is 33.8. The predicted octanol–water partition coefficient (Wildman–Crippen LogP) is 2.53. The molecule has 166 valence electrons. The van der Waals surface area contributed by atoms with Gasteiger partial charge in [-0.15, -0.1) is 0 Å². The van der Waals surface area contributed by atoms with Crippen molar-refractivity contribution in [2.75, 3.05) is 25.0 Å². The first kappa shape index (κ1) is 23.4. The first-order valence-corrected chi connectivity index (χ1v) is 11.0. The molecule has 2 amide bonds. The molecular formula is C23H25N5O3S. The molecule has 2 heterocycles. The van der Waals surface area contributed by atoms with Crippen molar-refractivity contribution in [3.63, 3.8) is 0 Å². The van der Waals surface area contributed by atoms with Crippen molar-refractivity contribution < 1.29 is 14.7 Å². The second-order valence-electron chi connectivity index (χ2n) is 6.93. The van der Waals surface area contributed by atoms with Crippen LogP contribution in [0.15, 0.2) is 72.1 Å². The molecule has 1 unspecified atom stereocenters. The number of pyridine rings is 2. The third-order valence-corrected chi connectivity index (χ3v) is 5.57. The van der Waals surface area contributed by atoms with Crippen LogP contribution in [-0.4, -0.2) is 46.6 Å². The molecule has 0 radical (unpaired) electrons. The summed E-state index contributed by atoms with van der Waals surface area (Å²) in [6.45, 7) is 2.29. The van der Waals surface area contributed by atoms with Crippen LogP contribution < -0.4 is 16.0 Å². The van der Waals surface area contributed by atoms with E-state index in [0.29, 0.717) is 22.8 Å². The molecule has 4 N–H and O–H groups in total. The molecule has 0 spiro atoms. The molecule has 0 fully saturated rings. The van der Waals surface area contributed by atoms with Crippen molar-refractivity contribution in [1.29, 1.82) is 0 Å². The number of thioether (sulfide) groups is 1. The molecule has 0 saturated carbocycles. The minimum atomic E-state index is -0.484. The van der Waals surface area contributed by atoms with Gasteiger partial charge in [-0.25, -0.2) is 4.98 Å². The standard InChI is InChI=1S/C23H25N5O3S/c1-16-4-2-5-18(14-16)27-21(31)19-6-3-9-26-23(19)32-22(17-7-10-24-11-8-17)28-20(30)15-25-12-13-29/h2-11,14,22,25,29H,12-13,15H2,1H3,(H,27,31)(H,28,30). The Morgan fingerprint density at radius 2 is 1.91 bits per heavy atom. The fourth-order valence-electron chi connectivity index (χ4n) is 2.89. The molecule has 8 nitrogen and oxygen atoms in total. The van der Waals surface area contributed by atoms with Crippen LogP contribution in [0, 0.1) is 6.92 Å². The number of benzene rings is 1. The quantitative estimate of drug-likeness (QED) is 0.213. The van der Waals surface area contributed by atoms with Crippen molar-refractivity contribution in [3.05, 3.63) is 83.8 Å². The van der Waals surface area contributed by atoms with Crippen molar-refractivity contribution in [3.8, 4) is 0 Å². The summed E-state index contributed by atoms with van der Waals surface area (Å²) in [5, 5.41) is 17.6. The number of hydrogen-bond donors (Lipinski definition) is 4. The van der Waals surface area contributed by atoms with Crippen LogP contribution in [0.25, 0.3) is 0 Å². The number of aromatic nitrogens is 2. The van der Waals surface area contributed by atoms with E-state index in [1.807, 2.05) is 31.2 Å². The van der Waals surface area contributed by atoms with Gasteiger partial charge in [0.05, 0.1) is 18.7 Å². The molecular weight excluding hydrogens is 426 g/mol. The zero-order chi connectivity index (χ0) is 22.8. The normalized spacial score (nSPS) is 11.6. The van der Waals surface area contributed by atoms with Gasteiger partial charge in [-0.3, -0.25) is 14.6 Å². The summed E-state index contributed by atoms with van der Waals surface area (Å²) in [5.74, 6) is -0.523. The highest BCUT2D eigenvalue weighted by atomic mass is 32.2. The molecule has 0 saturated heterocycles. The van der Waals surface area contributed by atoms with E-state index in [2.05, 4.69) is 25.9 Å². The summed E-state index contributed by atoms with van der Waals surface area (Å²) >= 11 is 1.27. The summed E-state index contributed by atoms with van der Waals surface area (Å²) in [7, 11) is 0. The lowest BCUT2D eigenvalue weighted by Crippen LogP contribution is -2.36. The number of anilines is 1. The molecule has 0 aliphatic rings. The van der Waals surface area contributed by atoms with E-state index in [1.54, 1.807) is 42.9 Å². The lowest BCUT2D eigenvalue weighted by Gasteiger charge is -2.19. The van der Waals surface area contributed by atoms with E-state index >= 15 is 0 Å². The fraction of sp³-hybridized carbons (Fsp3) is 0.217. The third kappa shape index (κ3) is 6.88. The Kier molecular flexibility index (Phi) is 8.73. The van der Waals surface area contributed by atoms with E-state index in [0.717, 1.165) is 11.1 Å². The Hall–Kier alpha value is -3.27. The highest BCUT2D eigenvalue weighted by Gasteiger charge is 2.21. The molecule has 9 heteroatoms. The van der Waals surface area contributed by atoms with Crippen LogP contribution in [-0.2, 0) is 4.79 Å². The molecule has 0 aliphatic heterocycles.